The quantitative estimate of drug-likeness (QED) is 0.472. The first kappa shape index (κ1) is 18.8. The molecule has 0 spiro atoms. The minimum atomic E-state index is -3.23. The third kappa shape index (κ3) is 3.61. The van der Waals surface area contributed by atoms with E-state index in [2.05, 4.69) is 10.3 Å². The standard InChI is InChI=1S/C16H15Cl2F2N3S2/c1-2-10(21)16(19,20)15-12(18)13-14(25-15)9(6-11(17)23-13)22-7-8-4-3-5-24-8/h3-6,10H,2,7,21H2,1H3,(H,22,23)/t10-/m0/s1. The van der Waals surface area contributed by atoms with E-state index in [1.165, 1.54) is 0 Å². The molecule has 0 aliphatic heterocycles. The van der Waals surface area contributed by atoms with Crippen molar-refractivity contribution in [3.8, 4) is 0 Å². The zero-order chi connectivity index (χ0) is 18.2. The summed E-state index contributed by atoms with van der Waals surface area (Å²) in [5.74, 6) is -3.23. The van der Waals surface area contributed by atoms with Crippen LogP contribution in [0.1, 0.15) is 23.1 Å². The smallest absolute Gasteiger partial charge is 0.298 e. The van der Waals surface area contributed by atoms with E-state index >= 15 is 0 Å². The third-order valence-corrected chi connectivity index (χ3v) is 6.64. The highest BCUT2D eigenvalue weighted by Crippen LogP contribution is 2.47. The minimum Gasteiger partial charge on any atom is -0.379 e. The van der Waals surface area contributed by atoms with E-state index in [4.69, 9.17) is 28.9 Å². The van der Waals surface area contributed by atoms with Gasteiger partial charge in [-0.1, -0.05) is 36.2 Å². The first-order valence-electron chi connectivity index (χ1n) is 7.53. The van der Waals surface area contributed by atoms with Crippen LogP contribution in [0.25, 0.3) is 10.2 Å². The van der Waals surface area contributed by atoms with Crippen molar-refractivity contribution in [2.75, 3.05) is 5.32 Å². The summed E-state index contributed by atoms with van der Waals surface area (Å²) in [7, 11) is 0. The zero-order valence-electron chi connectivity index (χ0n) is 13.2. The van der Waals surface area contributed by atoms with Gasteiger partial charge in [-0.15, -0.1) is 22.7 Å². The molecule has 134 valence electrons. The molecule has 1 atom stereocenters. The molecule has 3 heterocycles. The third-order valence-electron chi connectivity index (χ3n) is 3.79. The second-order valence-corrected chi connectivity index (χ2v) is 8.30. The fraction of sp³-hybridized carbons (Fsp3) is 0.312. The van der Waals surface area contributed by atoms with Crippen molar-refractivity contribution in [3.63, 3.8) is 0 Å². The number of hydrogen-bond acceptors (Lipinski definition) is 5. The summed E-state index contributed by atoms with van der Waals surface area (Å²) in [4.78, 5) is 4.97. The van der Waals surface area contributed by atoms with Gasteiger partial charge in [-0.25, -0.2) is 4.98 Å². The second kappa shape index (κ2) is 7.32. The van der Waals surface area contributed by atoms with Gasteiger partial charge in [0.25, 0.3) is 5.92 Å². The number of halogens is 4. The van der Waals surface area contributed by atoms with Crippen molar-refractivity contribution < 1.29 is 8.78 Å². The van der Waals surface area contributed by atoms with E-state index in [9.17, 15) is 8.78 Å². The largest absolute Gasteiger partial charge is 0.379 e. The van der Waals surface area contributed by atoms with Crippen LogP contribution in [0.3, 0.4) is 0 Å². The molecule has 0 unspecified atom stereocenters. The van der Waals surface area contributed by atoms with Crippen molar-refractivity contribution in [2.45, 2.75) is 31.9 Å². The molecule has 3 rings (SSSR count). The summed E-state index contributed by atoms with van der Waals surface area (Å²) in [6.45, 7) is 2.17. The monoisotopic (exact) mass is 421 g/mol. The van der Waals surface area contributed by atoms with Gasteiger partial charge in [0, 0.05) is 17.5 Å². The zero-order valence-corrected chi connectivity index (χ0v) is 16.3. The predicted molar refractivity (Wildman–Crippen MR) is 103 cm³/mol. The molecule has 0 radical (unpaired) electrons. The average molecular weight is 422 g/mol. The number of nitrogens with zero attached hydrogens (tertiary/aromatic N) is 1. The van der Waals surface area contributed by atoms with E-state index in [1.807, 2.05) is 17.5 Å². The number of hydrogen-bond donors (Lipinski definition) is 2. The molecule has 3 aromatic heterocycles. The van der Waals surface area contributed by atoms with E-state index in [0.29, 0.717) is 16.9 Å². The Balaban J connectivity index is 2.05. The molecular weight excluding hydrogens is 407 g/mol. The van der Waals surface area contributed by atoms with E-state index < -0.39 is 12.0 Å². The minimum absolute atomic E-state index is 0.0874. The van der Waals surface area contributed by atoms with Gasteiger partial charge >= 0.3 is 0 Å². The summed E-state index contributed by atoms with van der Waals surface area (Å²) in [5, 5.41) is 5.30. The number of rotatable bonds is 6. The van der Waals surface area contributed by atoms with Crippen LogP contribution in [-0.2, 0) is 12.5 Å². The second-order valence-electron chi connectivity index (χ2n) is 5.49. The first-order chi connectivity index (χ1) is 11.8. The van der Waals surface area contributed by atoms with Gasteiger partial charge < -0.3 is 11.1 Å². The molecule has 3 aromatic rings. The van der Waals surface area contributed by atoms with Gasteiger partial charge in [0.1, 0.15) is 10.7 Å². The maximum atomic E-state index is 14.6. The lowest BCUT2D eigenvalue weighted by molar-refractivity contribution is -0.0284. The van der Waals surface area contributed by atoms with Crippen LogP contribution < -0.4 is 11.1 Å². The molecule has 0 fully saturated rings. The number of nitrogens with two attached hydrogens (primary N) is 1. The Morgan fingerprint density at radius 3 is 2.80 bits per heavy atom. The maximum Gasteiger partial charge on any atom is 0.298 e. The molecule has 3 nitrogen and oxygen atoms in total. The molecule has 0 saturated heterocycles. The van der Waals surface area contributed by atoms with Gasteiger partial charge in [0.15, 0.2) is 0 Å². The van der Waals surface area contributed by atoms with Crippen LogP contribution in [0.15, 0.2) is 23.6 Å². The molecular formula is C16H15Cl2F2N3S2. The lowest BCUT2D eigenvalue weighted by Crippen LogP contribution is -2.37. The maximum absolute atomic E-state index is 14.6. The Hall–Kier alpha value is -0.990. The van der Waals surface area contributed by atoms with Gasteiger partial charge in [0.05, 0.1) is 26.3 Å². The lowest BCUT2D eigenvalue weighted by Gasteiger charge is -2.21. The summed E-state index contributed by atoms with van der Waals surface area (Å²) in [5.41, 5.74) is 6.50. The molecule has 0 saturated carbocycles. The topological polar surface area (TPSA) is 50.9 Å². The van der Waals surface area contributed by atoms with Crippen LogP contribution in [0.2, 0.25) is 10.2 Å². The van der Waals surface area contributed by atoms with Crippen molar-refractivity contribution >= 4 is 61.8 Å². The Labute approximate surface area is 161 Å². The lowest BCUT2D eigenvalue weighted by atomic mass is 10.1. The molecule has 0 aromatic carbocycles. The summed E-state index contributed by atoms with van der Waals surface area (Å²) >= 11 is 14.8. The number of nitrogens with one attached hydrogen (secondary N) is 1. The fourth-order valence-corrected chi connectivity index (χ4v) is 4.81. The van der Waals surface area contributed by atoms with Gasteiger partial charge in [-0.3, -0.25) is 0 Å². The Kier molecular flexibility index (Phi) is 5.51. The predicted octanol–water partition coefficient (Wildman–Crippen LogP) is 6.11. The number of anilines is 1. The SMILES string of the molecule is CC[C@H](N)C(F)(F)c1sc2c(NCc3cccs3)cc(Cl)nc2c1Cl. The number of pyridine rings is 1. The van der Waals surface area contributed by atoms with Gasteiger partial charge in [-0.05, 0) is 17.9 Å². The number of thiophene rings is 2. The van der Waals surface area contributed by atoms with Gasteiger partial charge in [-0.2, -0.15) is 8.78 Å². The molecule has 0 amide bonds. The highest BCUT2D eigenvalue weighted by Gasteiger charge is 2.42. The van der Waals surface area contributed by atoms with Crippen LogP contribution in [-0.4, -0.2) is 11.0 Å². The first-order valence-corrected chi connectivity index (χ1v) is 9.98. The Morgan fingerprint density at radius 1 is 1.40 bits per heavy atom. The summed E-state index contributed by atoms with van der Waals surface area (Å²) in [6.07, 6.45) is 0.134. The van der Waals surface area contributed by atoms with Crippen molar-refractivity contribution in [1.82, 2.24) is 4.98 Å². The normalized spacial score (nSPS) is 13.4. The highest BCUT2D eigenvalue weighted by atomic mass is 35.5. The number of alkyl halides is 2. The molecule has 9 heteroatoms. The van der Waals surface area contributed by atoms with Gasteiger partial charge in [0.2, 0.25) is 0 Å². The van der Waals surface area contributed by atoms with E-state index in [-0.39, 0.29) is 27.0 Å². The summed E-state index contributed by atoms with van der Waals surface area (Å²) < 4.78 is 29.8. The van der Waals surface area contributed by atoms with E-state index in [0.717, 1.165) is 16.2 Å². The van der Waals surface area contributed by atoms with E-state index in [1.54, 1.807) is 24.3 Å². The Bertz CT molecular complexity index is 881. The molecule has 25 heavy (non-hydrogen) atoms. The summed E-state index contributed by atoms with van der Waals surface area (Å²) in [6, 6.07) is 4.24. The molecule has 0 aliphatic carbocycles. The van der Waals surface area contributed by atoms with Crippen molar-refractivity contribution in [2.24, 2.45) is 5.73 Å². The molecule has 0 aliphatic rings. The molecule has 0 bridgehead atoms. The van der Waals surface area contributed by atoms with Crippen LogP contribution in [0.5, 0.6) is 0 Å². The van der Waals surface area contributed by atoms with Crippen LogP contribution in [0.4, 0.5) is 14.5 Å². The highest BCUT2D eigenvalue weighted by molar-refractivity contribution is 7.20. The van der Waals surface area contributed by atoms with Crippen LogP contribution >= 0.6 is 45.9 Å². The van der Waals surface area contributed by atoms with Crippen molar-refractivity contribution in [3.05, 3.63) is 43.5 Å². The fourth-order valence-electron chi connectivity index (χ4n) is 2.37. The van der Waals surface area contributed by atoms with Crippen LogP contribution in [0, 0.1) is 0 Å². The van der Waals surface area contributed by atoms with Crippen molar-refractivity contribution in [1.29, 1.82) is 0 Å². The number of aromatic nitrogens is 1. The average Bonchev–Trinajstić information content (AvgIpc) is 3.20. The Morgan fingerprint density at radius 2 is 2.16 bits per heavy atom. The molecule has 3 N–H and O–H groups in total. The number of fused-ring (bicyclic) bond motifs is 1.